The highest BCUT2D eigenvalue weighted by atomic mass is 35.5. The Hall–Kier alpha value is -0.810. The Labute approximate surface area is 119 Å². The lowest BCUT2D eigenvalue weighted by Crippen LogP contribution is -2.08. The first-order chi connectivity index (χ1) is 9.15. The number of aliphatic hydroxyl groups excluding tert-OH is 1. The summed E-state index contributed by atoms with van der Waals surface area (Å²) in [4.78, 5) is 0. The van der Waals surface area contributed by atoms with Gasteiger partial charge in [-0.25, -0.2) is 0 Å². The van der Waals surface area contributed by atoms with E-state index in [9.17, 15) is 5.11 Å². The quantitative estimate of drug-likeness (QED) is 0.710. The van der Waals surface area contributed by atoms with E-state index in [1.165, 1.54) is 0 Å². The van der Waals surface area contributed by atoms with Crippen molar-refractivity contribution in [2.24, 2.45) is 0 Å². The number of halogens is 1. The van der Waals surface area contributed by atoms with Crippen molar-refractivity contribution in [1.82, 2.24) is 0 Å². The van der Waals surface area contributed by atoms with E-state index in [0.29, 0.717) is 42.8 Å². The van der Waals surface area contributed by atoms with Crippen LogP contribution in [0.1, 0.15) is 25.0 Å². The molecule has 4 nitrogen and oxygen atoms in total. The van der Waals surface area contributed by atoms with Gasteiger partial charge in [0.25, 0.3) is 0 Å². The number of methoxy groups -OCH3 is 1. The molecular weight excluding hydrogens is 268 g/mol. The molecule has 19 heavy (non-hydrogen) atoms. The van der Waals surface area contributed by atoms with Gasteiger partial charge in [-0.1, -0.05) is 11.6 Å². The Balaban J connectivity index is 2.33. The zero-order chi connectivity index (χ0) is 14.1. The molecule has 1 aromatic rings. The van der Waals surface area contributed by atoms with Crippen LogP contribution in [0.3, 0.4) is 0 Å². The number of benzene rings is 1. The minimum Gasteiger partial charge on any atom is -0.493 e. The smallest absolute Gasteiger partial charge is 0.125 e. The van der Waals surface area contributed by atoms with Gasteiger partial charge in [0.2, 0.25) is 0 Å². The first kappa shape index (κ1) is 16.2. The zero-order valence-electron chi connectivity index (χ0n) is 11.4. The number of aliphatic hydroxyl groups is 1. The number of hydrogen-bond acceptors (Lipinski definition) is 4. The molecule has 0 radical (unpaired) electrons. The van der Waals surface area contributed by atoms with Gasteiger partial charge in [-0.05, 0) is 25.1 Å². The van der Waals surface area contributed by atoms with Gasteiger partial charge in [-0.2, -0.15) is 0 Å². The third-order valence-corrected chi connectivity index (χ3v) is 2.78. The van der Waals surface area contributed by atoms with Crippen LogP contribution in [0.5, 0.6) is 5.75 Å². The summed E-state index contributed by atoms with van der Waals surface area (Å²) >= 11 is 5.89. The van der Waals surface area contributed by atoms with Crippen molar-refractivity contribution in [3.63, 3.8) is 0 Å². The Kier molecular flexibility index (Phi) is 7.82. The predicted octanol–water partition coefficient (Wildman–Crippen LogP) is 2.83. The van der Waals surface area contributed by atoms with Crippen LogP contribution in [-0.2, 0) is 9.47 Å². The van der Waals surface area contributed by atoms with Gasteiger partial charge in [0, 0.05) is 30.7 Å². The van der Waals surface area contributed by atoms with Crippen molar-refractivity contribution >= 4 is 11.6 Å². The Morgan fingerprint density at radius 1 is 1.21 bits per heavy atom. The van der Waals surface area contributed by atoms with E-state index < -0.39 is 6.10 Å². The fourth-order valence-electron chi connectivity index (χ4n) is 1.56. The van der Waals surface area contributed by atoms with Gasteiger partial charge >= 0.3 is 0 Å². The molecule has 0 aliphatic carbocycles. The van der Waals surface area contributed by atoms with Crippen molar-refractivity contribution in [2.75, 3.05) is 33.5 Å². The fraction of sp³-hybridized carbons (Fsp3) is 0.571. The van der Waals surface area contributed by atoms with E-state index in [0.717, 1.165) is 6.42 Å². The maximum Gasteiger partial charge on any atom is 0.125 e. The van der Waals surface area contributed by atoms with Crippen LogP contribution in [0.4, 0.5) is 0 Å². The first-order valence-corrected chi connectivity index (χ1v) is 6.70. The van der Waals surface area contributed by atoms with Crippen LogP contribution in [0, 0.1) is 0 Å². The summed E-state index contributed by atoms with van der Waals surface area (Å²) in [6.07, 6.45) is 0.178. The zero-order valence-corrected chi connectivity index (χ0v) is 12.2. The molecule has 1 unspecified atom stereocenters. The summed E-state index contributed by atoms with van der Waals surface area (Å²) in [6.45, 7) is 4.04. The summed E-state index contributed by atoms with van der Waals surface area (Å²) in [5.74, 6) is 0.663. The van der Waals surface area contributed by atoms with E-state index in [1.807, 2.05) is 0 Å². The summed E-state index contributed by atoms with van der Waals surface area (Å²) in [7, 11) is 1.64. The summed E-state index contributed by atoms with van der Waals surface area (Å²) in [6, 6.07) is 5.24. The molecule has 108 valence electrons. The van der Waals surface area contributed by atoms with Gasteiger partial charge in [-0.15, -0.1) is 0 Å². The van der Waals surface area contributed by atoms with Gasteiger partial charge in [0.05, 0.1) is 25.9 Å². The molecule has 0 aliphatic rings. The molecule has 0 saturated carbocycles. The van der Waals surface area contributed by atoms with Gasteiger partial charge in [0.15, 0.2) is 0 Å². The van der Waals surface area contributed by atoms with Crippen molar-refractivity contribution in [3.8, 4) is 5.75 Å². The average Bonchev–Trinajstić information content (AvgIpc) is 2.39. The molecule has 1 rings (SSSR count). The third kappa shape index (κ3) is 6.25. The Bertz CT molecular complexity index is 368. The average molecular weight is 289 g/mol. The number of ether oxygens (including phenoxy) is 3. The highest BCUT2D eigenvalue weighted by Gasteiger charge is 2.09. The van der Waals surface area contributed by atoms with Crippen LogP contribution in [0.25, 0.3) is 0 Å². The minimum absolute atomic E-state index is 0.536. The predicted molar refractivity (Wildman–Crippen MR) is 74.9 cm³/mol. The molecule has 0 bridgehead atoms. The standard InChI is InChI=1S/C14H21ClO4/c1-11(16)13-10-12(15)4-5-14(13)19-7-3-6-18-9-8-17-2/h4-5,10-11,16H,3,6-9H2,1-2H3. The second kappa shape index (κ2) is 9.15. The Morgan fingerprint density at radius 3 is 2.68 bits per heavy atom. The van der Waals surface area contributed by atoms with E-state index in [-0.39, 0.29) is 0 Å². The largest absolute Gasteiger partial charge is 0.493 e. The van der Waals surface area contributed by atoms with Gasteiger partial charge in [-0.3, -0.25) is 0 Å². The van der Waals surface area contributed by atoms with Crippen LogP contribution < -0.4 is 4.74 Å². The van der Waals surface area contributed by atoms with Crippen molar-refractivity contribution in [3.05, 3.63) is 28.8 Å². The summed E-state index contributed by atoms with van der Waals surface area (Å²) < 4.78 is 15.8. The molecule has 0 heterocycles. The summed E-state index contributed by atoms with van der Waals surface area (Å²) in [5, 5.41) is 10.2. The topological polar surface area (TPSA) is 47.9 Å². The van der Waals surface area contributed by atoms with E-state index in [1.54, 1.807) is 32.2 Å². The van der Waals surface area contributed by atoms with Crippen molar-refractivity contribution < 1.29 is 19.3 Å². The molecule has 5 heteroatoms. The second-order valence-electron chi connectivity index (χ2n) is 4.17. The molecule has 0 aliphatic heterocycles. The number of rotatable bonds is 9. The van der Waals surface area contributed by atoms with Gasteiger partial charge in [0.1, 0.15) is 5.75 Å². The number of hydrogen-bond donors (Lipinski definition) is 1. The van der Waals surface area contributed by atoms with Crippen LogP contribution in [-0.4, -0.2) is 38.6 Å². The molecule has 0 spiro atoms. The summed E-state index contributed by atoms with van der Waals surface area (Å²) in [5.41, 5.74) is 0.702. The lowest BCUT2D eigenvalue weighted by Gasteiger charge is -2.13. The van der Waals surface area contributed by atoms with Crippen LogP contribution in [0.2, 0.25) is 5.02 Å². The van der Waals surface area contributed by atoms with E-state index in [4.69, 9.17) is 25.8 Å². The van der Waals surface area contributed by atoms with Gasteiger partial charge < -0.3 is 19.3 Å². The molecule has 0 fully saturated rings. The molecule has 1 N–H and O–H groups in total. The van der Waals surface area contributed by atoms with Crippen LogP contribution in [0.15, 0.2) is 18.2 Å². The maximum atomic E-state index is 9.65. The molecule has 1 atom stereocenters. The first-order valence-electron chi connectivity index (χ1n) is 6.32. The lowest BCUT2D eigenvalue weighted by molar-refractivity contribution is 0.0642. The highest BCUT2D eigenvalue weighted by molar-refractivity contribution is 6.30. The Morgan fingerprint density at radius 2 is 2.00 bits per heavy atom. The molecule has 0 amide bonds. The minimum atomic E-state index is -0.605. The molecule has 0 saturated heterocycles. The fourth-order valence-corrected chi connectivity index (χ4v) is 1.75. The van der Waals surface area contributed by atoms with Crippen molar-refractivity contribution in [1.29, 1.82) is 0 Å². The molecular formula is C14H21ClO4. The monoisotopic (exact) mass is 288 g/mol. The normalized spacial score (nSPS) is 12.4. The van der Waals surface area contributed by atoms with E-state index in [2.05, 4.69) is 0 Å². The van der Waals surface area contributed by atoms with Crippen LogP contribution >= 0.6 is 11.6 Å². The highest BCUT2D eigenvalue weighted by Crippen LogP contribution is 2.28. The maximum absolute atomic E-state index is 9.65. The second-order valence-corrected chi connectivity index (χ2v) is 4.60. The molecule has 1 aromatic carbocycles. The SMILES string of the molecule is COCCOCCCOc1ccc(Cl)cc1C(C)O. The third-order valence-electron chi connectivity index (χ3n) is 2.54. The molecule has 0 aromatic heterocycles. The van der Waals surface area contributed by atoms with Crippen molar-refractivity contribution in [2.45, 2.75) is 19.4 Å². The lowest BCUT2D eigenvalue weighted by atomic mass is 10.1. The van der Waals surface area contributed by atoms with E-state index >= 15 is 0 Å².